The highest BCUT2D eigenvalue weighted by Gasteiger charge is 2.35. The van der Waals surface area contributed by atoms with Crippen molar-refractivity contribution in [1.29, 1.82) is 0 Å². The Morgan fingerprint density at radius 2 is 1.77 bits per heavy atom. The number of piperidine rings is 1. The summed E-state index contributed by atoms with van der Waals surface area (Å²) in [4.78, 5) is 44.4. The van der Waals surface area contributed by atoms with Gasteiger partial charge < -0.3 is 20.1 Å². The molecule has 6 heterocycles. The first kappa shape index (κ1) is 35.8. The number of hydrogen-bond donors (Lipinski definition) is 3. The minimum Gasteiger partial charge on any atom is -0.508 e. The summed E-state index contributed by atoms with van der Waals surface area (Å²) in [7, 11) is 0. The Morgan fingerprint density at radius 3 is 2.54 bits per heavy atom. The Kier molecular flexibility index (Phi) is 9.35. The Balaban J connectivity index is 0.976. The first-order valence-corrected chi connectivity index (χ1v) is 19.1. The number of nitrogens with zero attached hydrogens (tertiary/aromatic N) is 6. The quantitative estimate of drug-likeness (QED) is 0.175. The fraction of sp³-hybridized carbons (Fsp3) is 0.357. The Labute approximate surface area is 321 Å². The minimum atomic E-state index is -0.754. The van der Waals surface area contributed by atoms with E-state index in [1.165, 1.54) is 30.5 Å². The Morgan fingerprint density at radius 1 is 0.982 bits per heavy atom. The molecule has 0 aliphatic carbocycles. The number of carbonyl (C=O) groups excluding carboxylic acids is 2. The minimum absolute atomic E-state index is 0.0104. The monoisotopic (exact) mass is 758 g/mol. The second-order valence-corrected chi connectivity index (χ2v) is 15.1. The van der Waals surface area contributed by atoms with E-state index in [4.69, 9.17) is 16.1 Å². The van der Waals surface area contributed by atoms with Crippen LogP contribution in [0.4, 0.5) is 25.1 Å². The average molecular weight is 759 g/mol. The van der Waals surface area contributed by atoms with Crippen molar-refractivity contribution < 1.29 is 28.2 Å². The van der Waals surface area contributed by atoms with E-state index in [2.05, 4.69) is 36.3 Å². The van der Waals surface area contributed by atoms with Crippen molar-refractivity contribution in [3.8, 4) is 35.4 Å². The molecule has 5 aromatic rings. The van der Waals surface area contributed by atoms with Gasteiger partial charge in [-0.1, -0.05) is 30.2 Å². The molecule has 286 valence electrons. The molecule has 56 heavy (non-hydrogen) atoms. The van der Waals surface area contributed by atoms with Gasteiger partial charge in [-0.15, -0.1) is 6.42 Å². The van der Waals surface area contributed by atoms with Gasteiger partial charge >= 0.3 is 12.0 Å². The molecule has 2 atom stereocenters. The molecule has 2 bridgehead atoms. The fourth-order valence-electron chi connectivity index (χ4n) is 8.68. The summed E-state index contributed by atoms with van der Waals surface area (Å²) < 4.78 is 38.2. The van der Waals surface area contributed by atoms with Gasteiger partial charge in [-0.2, -0.15) is 9.97 Å². The first-order chi connectivity index (χ1) is 27.2. The highest BCUT2D eigenvalue weighted by atomic mass is 19.1. The standard InChI is InChI=1S/C42H40F2N8O4/c1-2-30-33(43)10-7-25-17-29(53)18-31(36(25)30)38-37(44)39-32(19-45-38)40(51-21-27-8-9-28(22-51)46-27)49-41(48-39)56-23-24-11-14-50(15-12-24)20-26-5-3-4-6-34(26)52-16-13-35(54)47-42(52)55/h1,3-7,10,17-19,24,27-28,46,53H,8-9,11-16,20-23H2,(H,47,54,55)/t27-,28+. The van der Waals surface area contributed by atoms with Crippen molar-refractivity contribution in [3.63, 3.8) is 0 Å². The maximum absolute atomic E-state index is 16.9. The molecule has 4 aliphatic rings. The van der Waals surface area contributed by atoms with Crippen LogP contribution < -0.4 is 25.2 Å². The van der Waals surface area contributed by atoms with Crippen LogP contribution >= 0.6 is 0 Å². The number of fused-ring (bicyclic) bond motifs is 4. The lowest BCUT2D eigenvalue weighted by Gasteiger charge is -2.34. The highest BCUT2D eigenvalue weighted by Crippen LogP contribution is 2.39. The second kappa shape index (κ2) is 14.6. The number of urea groups is 1. The van der Waals surface area contributed by atoms with Crippen LogP contribution in [0.2, 0.25) is 0 Å². The number of nitrogens with one attached hydrogen (secondary N) is 2. The van der Waals surface area contributed by atoms with Crippen molar-refractivity contribution >= 4 is 45.1 Å². The molecule has 3 aromatic carbocycles. The van der Waals surface area contributed by atoms with Gasteiger partial charge in [0.15, 0.2) is 5.82 Å². The summed E-state index contributed by atoms with van der Waals surface area (Å²) in [5, 5.41) is 17.8. The van der Waals surface area contributed by atoms with Gasteiger partial charge in [-0.25, -0.2) is 13.6 Å². The molecule has 3 N–H and O–H groups in total. The molecule has 9 rings (SSSR count). The number of halogens is 2. The number of pyridine rings is 1. The van der Waals surface area contributed by atoms with Gasteiger partial charge in [-0.05, 0) is 79.9 Å². The molecule has 0 spiro atoms. The number of hydrogen-bond acceptors (Lipinski definition) is 10. The van der Waals surface area contributed by atoms with E-state index in [9.17, 15) is 19.1 Å². The number of rotatable bonds is 8. The van der Waals surface area contributed by atoms with E-state index in [0.717, 1.165) is 50.0 Å². The SMILES string of the molecule is C#Cc1c(F)ccc2cc(O)cc(-c3ncc4c(N5C[C@H]6CC[C@@H](C5)N6)nc(OCC5CCN(Cc6ccccc6N6CCC(=O)NC6=O)CC5)nc4c3F)c12. The van der Waals surface area contributed by atoms with E-state index in [1.54, 1.807) is 4.90 Å². The summed E-state index contributed by atoms with van der Waals surface area (Å²) in [5.74, 6) is 1.33. The van der Waals surface area contributed by atoms with Crippen LogP contribution in [0.5, 0.6) is 11.8 Å². The zero-order valence-corrected chi connectivity index (χ0v) is 30.6. The van der Waals surface area contributed by atoms with Gasteiger partial charge in [0, 0.05) is 67.5 Å². The third-order valence-corrected chi connectivity index (χ3v) is 11.5. The number of piperazine rings is 1. The number of phenols is 1. The second-order valence-electron chi connectivity index (χ2n) is 15.1. The number of benzene rings is 3. The van der Waals surface area contributed by atoms with E-state index in [-0.39, 0.29) is 69.8 Å². The highest BCUT2D eigenvalue weighted by molar-refractivity contribution is 6.06. The normalized spacial score (nSPS) is 20.4. The van der Waals surface area contributed by atoms with Crippen LogP contribution in [-0.2, 0) is 11.3 Å². The van der Waals surface area contributed by atoms with Crippen LogP contribution in [0.25, 0.3) is 32.9 Å². The first-order valence-electron chi connectivity index (χ1n) is 19.1. The van der Waals surface area contributed by atoms with Crippen molar-refractivity contribution in [2.45, 2.75) is 50.7 Å². The molecule has 4 aliphatic heterocycles. The molecular formula is C42H40F2N8O4. The summed E-state index contributed by atoms with van der Waals surface area (Å²) >= 11 is 0. The molecule has 0 radical (unpaired) electrons. The molecular weight excluding hydrogens is 719 g/mol. The Hall–Kier alpha value is -5.91. The van der Waals surface area contributed by atoms with E-state index in [1.807, 2.05) is 24.3 Å². The largest absolute Gasteiger partial charge is 0.508 e. The van der Waals surface area contributed by atoms with Crippen LogP contribution in [0.15, 0.2) is 54.7 Å². The third-order valence-electron chi connectivity index (χ3n) is 11.5. The van der Waals surface area contributed by atoms with Crippen molar-refractivity contribution in [2.24, 2.45) is 5.92 Å². The van der Waals surface area contributed by atoms with Gasteiger partial charge in [0.05, 0.1) is 17.6 Å². The van der Waals surface area contributed by atoms with Gasteiger partial charge in [-0.3, -0.25) is 24.9 Å². The number of para-hydroxylation sites is 1. The van der Waals surface area contributed by atoms with E-state index >= 15 is 4.39 Å². The zero-order chi connectivity index (χ0) is 38.5. The lowest BCUT2D eigenvalue weighted by Crippen LogP contribution is -2.51. The summed E-state index contributed by atoms with van der Waals surface area (Å²) in [5.41, 5.74) is 1.80. The predicted octanol–water partition coefficient (Wildman–Crippen LogP) is 5.49. The molecule has 14 heteroatoms. The van der Waals surface area contributed by atoms with Crippen LogP contribution in [0.3, 0.4) is 0 Å². The number of imide groups is 1. The van der Waals surface area contributed by atoms with Gasteiger partial charge in [0.25, 0.3) is 0 Å². The number of likely N-dealkylation sites (tertiary alicyclic amines) is 1. The van der Waals surface area contributed by atoms with Gasteiger partial charge in [0.2, 0.25) is 5.91 Å². The maximum atomic E-state index is 16.9. The number of phenolic OH excluding ortho intramolecular Hbond substituents is 1. The third kappa shape index (κ3) is 6.71. The lowest BCUT2D eigenvalue weighted by molar-refractivity contribution is -0.120. The zero-order valence-electron chi connectivity index (χ0n) is 30.6. The number of amides is 3. The van der Waals surface area contributed by atoms with E-state index in [0.29, 0.717) is 49.4 Å². The average Bonchev–Trinajstić information content (AvgIpc) is 3.54. The number of aromatic nitrogens is 3. The molecule has 0 unspecified atom stereocenters. The maximum Gasteiger partial charge on any atom is 0.328 e. The molecule has 4 fully saturated rings. The van der Waals surface area contributed by atoms with Gasteiger partial charge in [0.1, 0.15) is 28.6 Å². The smallest absolute Gasteiger partial charge is 0.328 e. The number of ether oxygens (including phenoxy) is 1. The van der Waals surface area contributed by atoms with Crippen molar-refractivity contribution in [3.05, 3.63) is 77.5 Å². The van der Waals surface area contributed by atoms with Crippen LogP contribution in [0, 0.1) is 29.9 Å². The van der Waals surface area contributed by atoms with Crippen LogP contribution in [0.1, 0.15) is 43.2 Å². The van der Waals surface area contributed by atoms with E-state index < -0.39 is 17.7 Å². The number of carbonyl (C=O) groups is 2. The molecule has 12 nitrogen and oxygen atoms in total. The molecule has 0 saturated carbocycles. The number of aromatic hydroxyl groups is 1. The summed E-state index contributed by atoms with van der Waals surface area (Å²) in [6.07, 6.45) is 11.3. The lowest BCUT2D eigenvalue weighted by atomic mass is 9.96. The predicted molar refractivity (Wildman–Crippen MR) is 207 cm³/mol. The summed E-state index contributed by atoms with van der Waals surface area (Å²) in [6.45, 7) is 4.34. The van der Waals surface area contributed by atoms with Crippen LogP contribution in [-0.4, -0.2) is 88.3 Å². The summed E-state index contributed by atoms with van der Waals surface area (Å²) in [6, 6.07) is 13.5. The fourth-order valence-corrected chi connectivity index (χ4v) is 8.68. The molecule has 3 amide bonds. The molecule has 2 aromatic heterocycles. The van der Waals surface area contributed by atoms with Crippen molar-refractivity contribution in [2.75, 3.05) is 49.1 Å². The number of terminal acetylenes is 1. The van der Waals surface area contributed by atoms with Crippen molar-refractivity contribution in [1.82, 2.24) is 30.5 Å². The Bertz CT molecular complexity index is 2420. The molecule has 4 saturated heterocycles. The number of anilines is 2. The topological polar surface area (TPSA) is 136 Å².